The minimum atomic E-state index is 0.221. The number of aliphatic hydroxyl groups is 1. The van der Waals surface area contributed by atoms with Gasteiger partial charge in [-0.25, -0.2) is 0 Å². The summed E-state index contributed by atoms with van der Waals surface area (Å²) in [5, 5.41) is 10.7. The standard InChI is InChI=1S/C31H54O.C3H6.2C2H6/c1-9-21-12-14-28(6)24(27(21,4)5)13-15-30(8)25(28)11-10-22-23-18-26(2,3)19-31(23,20-32)17-16-29(22,30)7;1-3-2;2*1-2/h21-25,32H,9-20H2,1-8H3;3H,1H2,2H3;2*1-2H3/t21?,22?,23?,24?,25?,28?,29-,30?,31?;;;/m1.../s1. The summed E-state index contributed by atoms with van der Waals surface area (Å²) >= 11 is 0. The Kier molecular flexibility index (Phi) is 11.2. The van der Waals surface area contributed by atoms with Crippen LogP contribution in [0.25, 0.3) is 0 Å². The van der Waals surface area contributed by atoms with E-state index in [1.54, 1.807) is 6.08 Å². The van der Waals surface area contributed by atoms with Crippen molar-refractivity contribution in [3.8, 4) is 0 Å². The Balaban J connectivity index is 0.000000700. The molecule has 5 fully saturated rings. The molecular weight excluding hydrogens is 472 g/mol. The monoisotopic (exact) mass is 545 g/mol. The van der Waals surface area contributed by atoms with Crippen molar-refractivity contribution in [2.75, 3.05) is 6.61 Å². The molecule has 0 saturated heterocycles. The lowest BCUT2D eigenvalue weighted by Gasteiger charge is -2.73. The third-order valence-electron chi connectivity index (χ3n) is 14.0. The molecule has 5 aliphatic carbocycles. The average molecular weight is 545 g/mol. The van der Waals surface area contributed by atoms with Gasteiger partial charge in [-0.1, -0.05) is 95.6 Å². The van der Waals surface area contributed by atoms with Gasteiger partial charge in [-0.05, 0) is 133 Å². The Morgan fingerprint density at radius 2 is 1.33 bits per heavy atom. The van der Waals surface area contributed by atoms with Crippen molar-refractivity contribution < 1.29 is 5.11 Å². The van der Waals surface area contributed by atoms with E-state index in [1.165, 1.54) is 70.6 Å². The molecule has 0 aromatic heterocycles. The van der Waals surface area contributed by atoms with Gasteiger partial charge in [0.2, 0.25) is 0 Å². The fraction of sp³-hybridized carbons (Fsp3) is 0.947. The molecule has 0 aromatic rings. The fourth-order valence-corrected chi connectivity index (χ4v) is 12.5. The van der Waals surface area contributed by atoms with Crippen LogP contribution in [0.2, 0.25) is 0 Å². The summed E-state index contributed by atoms with van der Waals surface area (Å²) in [5.74, 6) is 4.28. The SMILES string of the molecule is C=CC.CC.CC.CCC1CCC2(C)C(CCC3(C)C2CCC2C4CC(C)(C)CC4(CO)CC[C@]23C)C1(C)C. The van der Waals surface area contributed by atoms with Crippen molar-refractivity contribution >= 4 is 0 Å². The first-order valence-corrected chi connectivity index (χ1v) is 17.4. The van der Waals surface area contributed by atoms with E-state index in [0.717, 1.165) is 29.6 Å². The maximum atomic E-state index is 10.7. The minimum Gasteiger partial charge on any atom is -0.396 e. The summed E-state index contributed by atoms with van der Waals surface area (Å²) in [6.07, 6.45) is 17.1. The second kappa shape index (κ2) is 12.5. The predicted octanol–water partition coefficient (Wildman–Crippen LogP) is 11.7. The predicted molar refractivity (Wildman–Crippen MR) is 174 cm³/mol. The van der Waals surface area contributed by atoms with E-state index < -0.39 is 0 Å². The maximum absolute atomic E-state index is 10.7. The van der Waals surface area contributed by atoms with E-state index in [1.807, 2.05) is 34.6 Å². The van der Waals surface area contributed by atoms with Crippen LogP contribution in [0.3, 0.4) is 0 Å². The number of rotatable bonds is 2. The van der Waals surface area contributed by atoms with Crippen LogP contribution >= 0.6 is 0 Å². The van der Waals surface area contributed by atoms with Gasteiger partial charge in [0.15, 0.2) is 0 Å². The minimum absolute atomic E-state index is 0.221. The van der Waals surface area contributed by atoms with E-state index in [4.69, 9.17) is 0 Å². The zero-order valence-corrected chi connectivity index (χ0v) is 29.1. The molecule has 0 spiro atoms. The molecule has 0 radical (unpaired) electrons. The van der Waals surface area contributed by atoms with Crippen LogP contribution in [0.4, 0.5) is 0 Å². The van der Waals surface area contributed by atoms with E-state index in [9.17, 15) is 5.11 Å². The first-order chi connectivity index (χ1) is 18.2. The molecule has 0 bridgehead atoms. The van der Waals surface area contributed by atoms with E-state index >= 15 is 0 Å². The normalized spacial score (nSPS) is 46.6. The third kappa shape index (κ3) is 5.36. The van der Waals surface area contributed by atoms with E-state index in [2.05, 4.69) is 62.0 Å². The number of hydrogen-bond donors (Lipinski definition) is 1. The summed E-state index contributed by atoms with van der Waals surface area (Å²) in [6.45, 7) is 34.6. The highest BCUT2D eigenvalue weighted by Gasteiger charge is 2.70. The molecule has 1 nitrogen and oxygen atoms in total. The maximum Gasteiger partial charge on any atom is 0.0490 e. The topological polar surface area (TPSA) is 20.2 Å². The summed E-state index contributed by atoms with van der Waals surface area (Å²) in [6, 6.07) is 0. The molecule has 1 N–H and O–H groups in total. The average Bonchev–Trinajstić information content (AvgIpc) is 3.18. The number of allylic oxidation sites excluding steroid dienone is 1. The van der Waals surface area contributed by atoms with Crippen LogP contribution in [-0.2, 0) is 0 Å². The van der Waals surface area contributed by atoms with Crippen LogP contribution in [0, 0.1) is 62.1 Å². The van der Waals surface area contributed by atoms with Crippen molar-refractivity contribution in [1.82, 2.24) is 0 Å². The highest BCUT2D eigenvalue weighted by atomic mass is 16.3. The van der Waals surface area contributed by atoms with Gasteiger partial charge in [0.25, 0.3) is 0 Å². The van der Waals surface area contributed by atoms with Crippen molar-refractivity contribution in [2.24, 2.45) is 62.1 Å². The van der Waals surface area contributed by atoms with E-state index in [-0.39, 0.29) is 5.41 Å². The molecule has 39 heavy (non-hydrogen) atoms. The smallest absolute Gasteiger partial charge is 0.0490 e. The Hall–Kier alpha value is -0.300. The van der Waals surface area contributed by atoms with Crippen LogP contribution < -0.4 is 0 Å². The van der Waals surface area contributed by atoms with Gasteiger partial charge in [-0.2, -0.15) is 0 Å². The van der Waals surface area contributed by atoms with E-state index in [0.29, 0.717) is 33.7 Å². The summed E-state index contributed by atoms with van der Waals surface area (Å²) in [7, 11) is 0. The second-order valence-electron chi connectivity index (χ2n) is 16.2. The van der Waals surface area contributed by atoms with Crippen LogP contribution in [0.15, 0.2) is 12.7 Å². The van der Waals surface area contributed by atoms with Crippen LogP contribution in [0.1, 0.15) is 161 Å². The molecule has 0 aliphatic heterocycles. The summed E-state index contributed by atoms with van der Waals surface area (Å²) < 4.78 is 0. The van der Waals surface area contributed by atoms with Gasteiger partial charge >= 0.3 is 0 Å². The first-order valence-electron chi connectivity index (χ1n) is 17.4. The molecule has 0 amide bonds. The third-order valence-corrected chi connectivity index (χ3v) is 14.0. The summed E-state index contributed by atoms with van der Waals surface area (Å²) in [5.41, 5.74) is 2.58. The number of aliphatic hydroxyl groups excluding tert-OH is 1. The second-order valence-corrected chi connectivity index (χ2v) is 16.2. The molecular formula is C38H72O. The van der Waals surface area contributed by atoms with Gasteiger partial charge < -0.3 is 5.11 Å². The molecule has 0 heterocycles. The van der Waals surface area contributed by atoms with Gasteiger partial charge in [0.1, 0.15) is 0 Å². The van der Waals surface area contributed by atoms with Gasteiger partial charge in [-0.15, -0.1) is 6.58 Å². The lowest BCUT2D eigenvalue weighted by atomic mass is 9.32. The first kappa shape index (κ1) is 34.9. The highest BCUT2D eigenvalue weighted by Crippen LogP contribution is 2.78. The van der Waals surface area contributed by atoms with Crippen molar-refractivity contribution in [2.45, 2.75) is 161 Å². The van der Waals surface area contributed by atoms with Gasteiger partial charge in [0.05, 0.1) is 0 Å². The quantitative estimate of drug-likeness (QED) is 0.343. The zero-order chi connectivity index (χ0) is 30.1. The zero-order valence-electron chi connectivity index (χ0n) is 29.1. The molecule has 8 unspecified atom stereocenters. The molecule has 9 atom stereocenters. The molecule has 230 valence electrons. The van der Waals surface area contributed by atoms with Gasteiger partial charge in [0, 0.05) is 6.61 Å². The Labute approximate surface area is 246 Å². The van der Waals surface area contributed by atoms with Crippen molar-refractivity contribution in [3.63, 3.8) is 0 Å². The molecule has 0 aromatic carbocycles. The molecule has 5 rings (SSSR count). The summed E-state index contributed by atoms with van der Waals surface area (Å²) in [4.78, 5) is 0. The van der Waals surface area contributed by atoms with Crippen molar-refractivity contribution in [1.29, 1.82) is 0 Å². The number of fused-ring (bicyclic) bond motifs is 7. The van der Waals surface area contributed by atoms with Gasteiger partial charge in [-0.3, -0.25) is 0 Å². The largest absolute Gasteiger partial charge is 0.396 e. The highest BCUT2D eigenvalue weighted by molar-refractivity contribution is 5.19. The lowest BCUT2D eigenvalue weighted by Crippen LogP contribution is -2.66. The van der Waals surface area contributed by atoms with Crippen LogP contribution in [-0.4, -0.2) is 11.7 Å². The lowest BCUT2D eigenvalue weighted by molar-refractivity contribution is -0.242. The molecule has 5 aliphatic rings. The Morgan fingerprint density at radius 3 is 1.87 bits per heavy atom. The Bertz CT molecular complexity index is 795. The van der Waals surface area contributed by atoms with Crippen molar-refractivity contribution in [3.05, 3.63) is 12.7 Å². The fourth-order valence-electron chi connectivity index (χ4n) is 12.5. The number of hydrogen-bond acceptors (Lipinski definition) is 1. The van der Waals surface area contributed by atoms with Crippen LogP contribution in [0.5, 0.6) is 0 Å². The Morgan fingerprint density at radius 1 is 0.744 bits per heavy atom. The molecule has 1 heteroatoms. The molecule has 5 saturated carbocycles.